The zero-order valence-electron chi connectivity index (χ0n) is 4.92. The summed E-state index contributed by atoms with van der Waals surface area (Å²) < 4.78 is 21.1. The van der Waals surface area contributed by atoms with Crippen molar-refractivity contribution in [2.45, 2.75) is 0 Å². The second-order valence-corrected chi connectivity index (χ2v) is 1.07. The van der Waals surface area contributed by atoms with Crippen LogP contribution in [0, 0.1) is 0 Å². The third-order valence-corrected chi connectivity index (χ3v) is 0.368. The van der Waals surface area contributed by atoms with Gasteiger partial charge in [0.15, 0.2) is 0 Å². The Morgan fingerprint density at radius 2 is 2.00 bits per heavy atom. The fraction of sp³-hybridized carbons (Fsp3) is 0.250. The predicted molar refractivity (Wildman–Crippen MR) is 23.6 cm³/mol. The number of hydrogen-bond donors (Lipinski definition) is 0. The second-order valence-electron chi connectivity index (χ2n) is 0.811. The van der Waals surface area contributed by atoms with Crippen LogP contribution in [-0.2, 0) is 35.3 Å². The van der Waals surface area contributed by atoms with Crippen molar-refractivity contribution in [1.82, 2.24) is 0 Å². The average Bonchev–Trinajstić information content (AvgIpc) is 1.88. The van der Waals surface area contributed by atoms with Gasteiger partial charge in [-0.25, -0.2) is 4.79 Å². The quantitative estimate of drug-likeness (QED) is 0.315. The third kappa shape index (κ3) is 18.5. The maximum atomic E-state index is 9.84. The van der Waals surface area contributed by atoms with Crippen molar-refractivity contribution < 1.29 is 35.3 Å². The molecule has 0 amide bonds. The minimum atomic E-state index is -2.00. The molecule has 0 atom stereocenters. The molecule has 0 spiro atoms. The molecular formula is C4H6O4Ti. The van der Waals surface area contributed by atoms with Crippen molar-refractivity contribution in [3.05, 3.63) is 12.7 Å². The Labute approximate surface area is 61.5 Å². The fourth-order valence-corrected chi connectivity index (χ4v) is 0.0833. The monoisotopic (exact) mass is 166 g/mol. The van der Waals surface area contributed by atoms with Gasteiger partial charge >= 0.3 is 31.7 Å². The summed E-state index contributed by atoms with van der Waals surface area (Å²) in [5, 5.41) is 0. The van der Waals surface area contributed by atoms with E-state index in [1.54, 1.807) is 0 Å². The van der Waals surface area contributed by atoms with Gasteiger partial charge in [0.25, 0.3) is 0 Å². The van der Waals surface area contributed by atoms with Crippen LogP contribution in [0.15, 0.2) is 12.7 Å². The van der Waals surface area contributed by atoms with Gasteiger partial charge in [0, 0.05) is 6.08 Å². The van der Waals surface area contributed by atoms with Crippen molar-refractivity contribution in [2.24, 2.45) is 0 Å². The molecule has 0 unspecified atom stereocenters. The van der Waals surface area contributed by atoms with Crippen molar-refractivity contribution >= 4 is 5.97 Å². The van der Waals surface area contributed by atoms with Crippen LogP contribution in [0.4, 0.5) is 0 Å². The fourth-order valence-electron chi connectivity index (χ4n) is 0.0833. The SMILES string of the molecule is C=CC(=O)OC.[O]=[Ti]=[O]. The van der Waals surface area contributed by atoms with Gasteiger partial charge in [0.05, 0.1) is 7.11 Å². The summed E-state index contributed by atoms with van der Waals surface area (Å²) >= 11 is -2.00. The number of esters is 1. The van der Waals surface area contributed by atoms with E-state index in [9.17, 15) is 4.79 Å². The molecule has 0 saturated carbocycles. The standard InChI is InChI=1S/C4H6O2.2O.Ti/c1-3-4(5)6-2;;;/h3H,1H2,2H3;;;. The van der Waals surface area contributed by atoms with Crippen LogP contribution in [0.1, 0.15) is 0 Å². The molecule has 0 N–H and O–H groups in total. The van der Waals surface area contributed by atoms with Gasteiger partial charge in [0.1, 0.15) is 0 Å². The molecule has 0 radical (unpaired) electrons. The van der Waals surface area contributed by atoms with Crippen LogP contribution < -0.4 is 0 Å². The molecule has 0 bridgehead atoms. The van der Waals surface area contributed by atoms with E-state index in [2.05, 4.69) is 11.3 Å². The predicted octanol–water partition coefficient (Wildman–Crippen LogP) is 0.105. The first-order chi connectivity index (χ1) is 4.22. The first-order valence-corrected chi connectivity index (χ1v) is 3.20. The van der Waals surface area contributed by atoms with Crippen molar-refractivity contribution in [1.29, 1.82) is 0 Å². The molecule has 0 aromatic rings. The molecule has 9 heavy (non-hydrogen) atoms. The number of ether oxygens (including phenoxy) is 1. The molecule has 0 fully saturated rings. The van der Waals surface area contributed by atoms with E-state index in [0.29, 0.717) is 0 Å². The Bertz CT molecular complexity index is 125. The molecule has 5 heteroatoms. The zero-order valence-corrected chi connectivity index (χ0v) is 6.48. The van der Waals surface area contributed by atoms with Gasteiger partial charge in [-0.2, -0.15) is 0 Å². The van der Waals surface area contributed by atoms with E-state index >= 15 is 0 Å². The minimum absolute atomic E-state index is 0.394. The molecule has 0 aliphatic heterocycles. The molecule has 0 saturated heterocycles. The summed E-state index contributed by atoms with van der Waals surface area (Å²) in [5.41, 5.74) is 0. The summed E-state index contributed by atoms with van der Waals surface area (Å²) in [7, 11) is 1.31. The summed E-state index contributed by atoms with van der Waals surface area (Å²) in [6, 6.07) is 0. The van der Waals surface area contributed by atoms with Crippen molar-refractivity contribution in [3.63, 3.8) is 0 Å². The van der Waals surface area contributed by atoms with Crippen molar-refractivity contribution in [3.8, 4) is 0 Å². The number of methoxy groups -OCH3 is 1. The maximum absolute atomic E-state index is 9.84. The molecule has 0 heterocycles. The van der Waals surface area contributed by atoms with Gasteiger partial charge < -0.3 is 4.74 Å². The number of hydrogen-bond acceptors (Lipinski definition) is 4. The molecule has 0 aromatic carbocycles. The zero-order chi connectivity index (χ0) is 7.70. The topological polar surface area (TPSA) is 60.4 Å². The van der Waals surface area contributed by atoms with Gasteiger partial charge in [-0.15, -0.1) is 0 Å². The normalized spacial score (nSPS) is 5.44. The van der Waals surface area contributed by atoms with Crippen LogP contribution in [0.2, 0.25) is 0 Å². The van der Waals surface area contributed by atoms with E-state index < -0.39 is 25.1 Å². The third-order valence-electron chi connectivity index (χ3n) is 0.368. The Balaban J connectivity index is 0. The number of carbonyl (C=O) groups is 1. The summed E-state index contributed by atoms with van der Waals surface area (Å²) in [5.74, 6) is -0.394. The van der Waals surface area contributed by atoms with E-state index in [4.69, 9.17) is 6.65 Å². The molecular weight excluding hydrogens is 160 g/mol. The van der Waals surface area contributed by atoms with E-state index in [0.717, 1.165) is 6.08 Å². The van der Waals surface area contributed by atoms with Crippen LogP contribution in [0.5, 0.6) is 0 Å². The van der Waals surface area contributed by atoms with E-state index in [-0.39, 0.29) is 0 Å². The Morgan fingerprint density at radius 3 is 2.00 bits per heavy atom. The number of carbonyl (C=O) groups excluding carboxylic acids is 1. The summed E-state index contributed by atoms with van der Waals surface area (Å²) in [4.78, 5) is 9.84. The second kappa shape index (κ2) is 10.5. The first-order valence-electron chi connectivity index (χ1n) is 1.92. The molecule has 4 nitrogen and oxygen atoms in total. The number of rotatable bonds is 1. The van der Waals surface area contributed by atoms with E-state index in [1.807, 2.05) is 0 Å². The van der Waals surface area contributed by atoms with Gasteiger partial charge in [-0.05, 0) is 0 Å². The molecule has 0 rings (SSSR count). The van der Waals surface area contributed by atoms with Crippen LogP contribution in [0.3, 0.4) is 0 Å². The Kier molecular flexibility index (Phi) is 13.2. The van der Waals surface area contributed by atoms with Crippen LogP contribution in [0.25, 0.3) is 0 Å². The molecule has 0 aromatic heterocycles. The molecule has 0 aliphatic carbocycles. The van der Waals surface area contributed by atoms with Gasteiger partial charge in [0.2, 0.25) is 0 Å². The van der Waals surface area contributed by atoms with Crippen molar-refractivity contribution in [2.75, 3.05) is 7.11 Å². The van der Waals surface area contributed by atoms with Crippen LogP contribution in [-0.4, -0.2) is 13.1 Å². The summed E-state index contributed by atoms with van der Waals surface area (Å²) in [6.45, 7) is 3.16. The van der Waals surface area contributed by atoms with E-state index in [1.165, 1.54) is 7.11 Å². The molecule has 50 valence electrons. The van der Waals surface area contributed by atoms with Gasteiger partial charge in [-0.1, -0.05) is 6.58 Å². The van der Waals surface area contributed by atoms with Crippen LogP contribution >= 0.6 is 0 Å². The first kappa shape index (κ1) is 11.3. The summed E-state index contributed by atoms with van der Waals surface area (Å²) in [6.07, 6.45) is 1.11. The Morgan fingerprint density at radius 1 is 1.67 bits per heavy atom. The molecule has 0 aliphatic rings. The average molecular weight is 166 g/mol. The van der Waals surface area contributed by atoms with Gasteiger partial charge in [-0.3, -0.25) is 0 Å². The Hall–Kier alpha value is -0.476.